The monoisotopic (exact) mass is 446 g/mol. The number of alkyl halides is 1. The molecule has 0 aliphatic heterocycles. The molecule has 29 heavy (non-hydrogen) atoms. The summed E-state index contributed by atoms with van der Waals surface area (Å²) in [4.78, 5) is 31.0. The van der Waals surface area contributed by atoms with Gasteiger partial charge in [-0.05, 0) is 13.0 Å². The number of carbonyl (C=O) groups is 2. The van der Waals surface area contributed by atoms with Crippen molar-refractivity contribution in [1.29, 1.82) is 0 Å². The molecule has 13 heteroatoms. The Hall–Kier alpha value is -2.99. The summed E-state index contributed by atoms with van der Waals surface area (Å²) in [6.07, 6.45) is 0. The standard InChI is InChI=1S/C16H16ClFN4O6S/c1-3-28-14(23)10-6-4-5-9(8-18)13(10)29(25,26)22-16(24)21-15-19-11(17)7-12(20-15)27-2/h4-7H,3,8H2,1-2H3,(H2,19,20,21,22,24). The van der Waals surface area contributed by atoms with Gasteiger partial charge in [-0.2, -0.15) is 4.98 Å². The van der Waals surface area contributed by atoms with Gasteiger partial charge in [0.05, 0.1) is 19.3 Å². The van der Waals surface area contributed by atoms with Crippen molar-refractivity contribution in [1.82, 2.24) is 14.7 Å². The minimum absolute atomic E-state index is 0.0236. The van der Waals surface area contributed by atoms with E-state index >= 15 is 0 Å². The van der Waals surface area contributed by atoms with Crippen LogP contribution in [0.4, 0.5) is 15.1 Å². The number of esters is 1. The number of benzene rings is 1. The van der Waals surface area contributed by atoms with Crippen LogP contribution in [-0.2, 0) is 21.4 Å². The maximum absolute atomic E-state index is 13.4. The number of methoxy groups -OCH3 is 1. The molecule has 0 saturated carbocycles. The number of halogens is 2. The average molecular weight is 447 g/mol. The molecule has 0 fully saturated rings. The van der Waals surface area contributed by atoms with Crippen LogP contribution in [0.1, 0.15) is 22.8 Å². The van der Waals surface area contributed by atoms with Crippen LogP contribution in [0.15, 0.2) is 29.2 Å². The molecule has 1 heterocycles. The predicted octanol–water partition coefficient (Wildman–Crippen LogP) is 2.30. The quantitative estimate of drug-likeness (QED) is 0.488. The lowest BCUT2D eigenvalue weighted by molar-refractivity contribution is 0.0521. The normalized spacial score (nSPS) is 10.9. The fourth-order valence-electron chi connectivity index (χ4n) is 2.23. The van der Waals surface area contributed by atoms with Gasteiger partial charge in [0.2, 0.25) is 11.8 Å². The molecule has 2 aromatic rings. The van der Waals surface area contributed by atoms with Gasteiger partial charge in [0, 0.05) is 11.6 Å². The van der Waals surface area contributed by atoms with Crippen molar-refractivity contribution in [3.63, 3.8) is 0 Å². The SMILES string of the molecule is CCOC(=O)c1cccc(CF)c1S(=O)(=O)NC(=O)Nc1nc(Cl)cc(OC)n1. The fraction of sp³-hybridized carbons (Fsp3) is 0.250. The summed E-state index contributed by atoms with van der Waals surface area (Å²) in [5, 5.41) is 2.00. The van der Waals surface area contributed by atoms with Gasteiger partial charge in [0.15, 0.2) is 0 Å². The van der Waals surface area contributed by atoms with Crippen LogP contribution >= 0.6 is 11.6 Å². The molecule has 156 valence electrons. The topological polar surface area (TPSA) is 137 Å². The molecule has 0 spiro atoms. The lowest BCUT2D eigenvalue weighted by atomic mass is 10.1. The van der Waals surface area contributed by atoms with Crippen molar-refractivity contribution in [2.24, 2.45) is 0 Å². The van der Waals surface area contributed by atoms with Gasteiger partial charge in [0.25, 0.3) is 10.0 Å². The van der Waals surface area contributed by atoms with E-state index in [4.69, 9.17) is 21.1 Å². The molecule has 0 aliphatic rings. The summed E-state index contributed by atoms with van der Waals surface area (Å²) in [6, 6.07) is 3.61. The van der Waals surface area contributed by atoms with E-state index in [9.17, 15) is 22.4 Å². The number of carbonyl (C=O) groups excluding carboxylic acids is 2. The predicted molar refractivity (Wildman–Crippen MR) is 100 cm³/mol. The smallest absolute Gasteiger partial charge is 0.339 e. The molecule has 0 unspecified atom stereocenters. The number of aromatic nitrogens is 2. The van der Waals surface area contributed by atoms with E-state index in [1.165, 1.54) is 32.2 Å². The molecule has 0 radical (unpaired) electrons. The van der Waals surface area contributed by atoms with Crippen molar-refractivity contribution in [3.05, 3.63) is 40.5 Å². The minimum Gasteiger partial charge on any atom is -0.481 e. The van der Waals surface area contributed by atoms with E-state index in [1.54, 1.807) is 4.72 Å². The highest BCUT2D eigenvalue weighted by Crippen LogP contribution is 2.23. The maximum Gasteiger partial charge on any atom is 0.339 e. The first-order chi connectivity index (χ1) is 13.7. The Morgan fingerprint density at radius 2 is 2.00 bits per heavy atom. The first-order valence-electron chi connectivity index (χ1n) is 7.99. The van der Waals surface area contributed by atoms with Crippen LogP contribution in [0.2, 0.25) is 5.15 Å². The number of amides is 2. The average Bonchev–Trinajstić information content (AvgIpc) is 2.66. The Balaban J connectivity index is 2.35. The zero-order chi connectivity index (χ0) is 21.6. The summed E-state index contributed by atoms with van der Waals surface area (Å²) < 4.78 is 50.1. The second kappa shape index (κ2) is 9.47. The number of hydrogen-bond acceptors (Lipinski definition) is 8. The van der Waals surface area contributed by atoms with Crippen LogP contribution in [0, 0.1) is 0 Å². The number of rotatable bonds is 7. The number of sulfonamides is 1. The lowest BCUT2D eigenvalue weighted by Crippen LogP contribution is -2.36. The zero-order valence-electron chi connectivity index (χ0n) is 15.2. The summed E-state index contributed by atoms with van der Waals surface area (Å²) in [7, 11) is -3.36. The van der Waals surface area contributed by atoms with Crippen molar-refractivity contribution in [2.75, 3.05) is 19.0 Å². The summed E-state index contributed by atoms with van der Waals surface area (Å²) >= 11 is 5.75. The van der Waals surface area contributed by atoms with Gasteiger partial charge >= 0.3 is 12.0 Å². The zero-order valence-corrected chi connectivity index (χ0v) is 16.8. The molecule has 0 atom stereocenters. The molecule has 1 aromatic heterocycles. The fourth-order valence-corrected chi connectivity index (χ4v) is 3.71. The Bertz CT molecular complexity index is 1030. The van der Waals surface area contributed by atoms with E-state index in [0.717, 1.165) is 6.07 Å². The number of nitrogens with zero attached hydrogens (tertiary/aromatic N) is 2. The molecular formula is C16H16ClFN4O6S. The van der Waals surface area contributed by atoms with E-state index in [1.807, 2.05) is 0 Å². The minimum atomic E-state index is -4.66. The van der Waals surface area contributed by atoms with Crippen molar-refractivity contribution < 1.29 is 31.9 Å². The molecule has 0 saturated heterocycles. The number of ether oxygens (including phenoxy) is 2. The molecule has 1 aromatic carbocycles. The molecule has 0 aliphatic carbocycles. The summed E-state index contributed by atoms with van der Waals surface area (Å²) in [5.74, 6) is -1.30. The summed E-state index contributed by atoms with van der Waals surface area (Å²) in [5.41, 5.74) is -0.737. The third kappa shape index (κ3) is 5.51. The molecule has 2 amide bonds. The Labute approximate surface area is 170 Å². The number of anilines is 1. The molecular weight excluding hydrogens is 431 g/mol. The molecule has 2 N–H and O–H groups in total. The van der Waals surface area contributed by atoms with Gasteiger partial charge in [-0.25, -0.2) is 32.1 Å². The van der Waals surface area contributed by atoms with Gasteiger partial charge in [-0.15, -0.1) is 0 Å². The van der Waals surface area contributed by atoms with Gasteiger partial charge in [0.1, 0.15) is 16.7 Å². The Morgan fingerprint density at radius 3 is 2.62 bits per heavy atom. The van der Waals surface area contributed by atoms with Gasteiger partial charge in [-0.1, -0.05) is 23.7 Å². The Kier molecular flexibility index (Phi) is 7.29. The van der Waals surface area contributed by atoms with Crippen molar-refractivity contribution >= 4 is 39.6 Å². The van der Waals surface area contributed by atoms with E-state index in [2.05, 4.69) is 15.3 Å². The van der Waals surface area contributed by atoms with Crippen LogP contribution in [0.25, 0.3) is 0 Å². The largest absolute Gasteiger partial charge is 0.481 e. The number of nitrogens with one attached hydrogen (secondary N) is 2. The van der Waals surface area contributed by atoms with Crippen molar-refractivity contribution in [3.8, 4) is 5.88 Å². The number of urea groups is 1. The number of hydrogen-bond donors (Lipinski definition) is 2. The van der Waals surface area contributed by atoms with E-state index in [-0.39, 0.29) is 29.2 Å². The van der Waals surface area contributed by atoms with E-state index < -0.39 is 39.2 Å². The highest BCUT2D eigenvalue weighted by molar-refractivity contribution is 7.90. The highest BCUT2D eigenvalue weighted by Gasteiger charge is 2.28. The molecule has 10 nitrogen and oxygen atoms in total. The first-order valence-corrected chi connectivity index (χ1v) is 9.85. The van der Waals surface area contributed by atoms with E-state index in [0.29, 0.717) is 0 Å². The second-order valence-electron chi connectivity index (χ2n) is 5.26. The molecule has 2 rings (SSSR count). The van der Waals surface area contributed by atoms with Gasteiger partial charge in [-0.3, -0.25) is 5.32 Å². The third-order valence-corrected chi connectivity index (χ3v) is 5.00. The van der Waals surface area contributed by atoms with Crippen LogP contribution in [0.5, 0.6) is 5.88 Å². The van der Waals surface area contributed by atoms with Crippen LogP contribution < -0.4 is 14.8 Å². The van der Waals surface area contributed by atoms with Crippen molar-refractivity contribution in [2.45, 2.75) is 18.5 Å². The molecule has 0 bridgehead atoms. The lowest BCUT2D eigenvalue weighted by Gasteiger charge is -2.14. The first kappa shape index (κ1) is 22.3. The Morgan fingerprint density at radius 1 is 1.28 bits per heavy atom. The van der Waals surface area contributed by atoms with Crippen LogP contribution in [-0.4, -0.2) is 44.1 Å². The van der Waals surface area contributed by atoms with Crippen LogP contribution in [0.3, 0.4) is 0 Å². The summed E-state index contributed by atoms with van der Waals surface area (Å²) in [6.45, 7) is 0.301. The third-order valence-electron chi connectivity index (χ3n) is 3.34. The highest BCUT2D eigenvalue weighted by atomic mass is 35.5. The second-order valence-corrected chi connectivity index (χ2v) is 7.27. The van der Waals surface area contributed by atoms with Gasteiger partial charge < -0.3 is 9.47 Å². The maximum atomic E-state index is 13.4.